The molecule has 0 spiro atoms. The molecule has 5 nitrogen and oxygen atoms in total. The van der Waals surface area contributed by atoms with E-state index in [4.69, 9.17) is 0 Å². The third kappa shape index (κ3) is 1.60. The average molecular weight is 344 g/mol. The molecule has 0 saturated carbocycles. The summed E-state index contributed by atoms with van der Waals surface area (Å²) < 4.78 is 142. The highest BCUT2D eigenvalue weighted by molar-refractivity contribution is 7.97. The fourth-order valence-corrected chi connectivity index (χ4v) is 4.28. The molecule has 0 aromatic rings. The third-order valence-electron chi connectivity index (χ3n) is 2.09. The molecule has 0 aromatic heterocycles. The van der Waals surface area contributed by atoms with Crippen LogP contribution in [0.15, 0.2) is 0 Å². The van der Waals surface area contributed by atoms with Crippen LogP contribution in [0.3, 0.4) is 0 Å². The van der Waals surface area contributed by atoms with Crippen molar-refractivity contribution in [3.8, 4) is 0 Å². The Bertz CT molecular complexity index is 553. The lowest BCUT2D eigenvalue weighted by atomic mass is 10.2. The molecule has 2 N–H and O–H groups in total. The molecule has 1 aliphatic heterocycles. The van der Waals surface area contributed by atoms with Crippen LogP contribution >= 0.6 is 0 Å². The maximum absolute atomic E-state index is 12.8. The van der Waals surface area contributed by atoms with Crippen molar-refractivity contribution in [1.29, 1.82) is 0 Å². The number of nitrogens with two attached hydrogens (primary N) is 1. The first-order valence-corrected chi connectivity index (χ1v) is 6.90. The second kappa shape index (κ2) is 3.49. The molecule has 0 aromatic carbocycles. The van der Waals surface area contributed by atoms with E-state index >= 15 is 0 Å². The Morgan fingerprint density at radius 1 is 0.579 bits per heavy atom. The summed E-state index contributed by atoms with van der Waals surface area (Å²) in [6, 6.07) is 0. The SMILES string of the molecule is O=S1(=O)[NH2+]S(=O)(=O)C(F)(F)C(F)(F)C(F)(F)C1(F)F. The van der Waals surface area contributed by atoms with Crippen LogP contribution in [0.2, 0.25) is 0 Å². The fourth-order valence-electron chi connectivity index (χ4n) is 1.01. The van der Waals surface area contributed by atoms with Crippen molar-refractivity contribution in [2.75, 3.05) is 0 Å². The Kier molecular flexibility index (Phi) is 3.00. The van der Waals surface area contributed by atoms with Gasteiger partial charge in [0.15, 0.2) is 0 Å². The minimum Gasteiger partial charge on any atom is -0.191 e. The topological polar surface area (TPSA) is 84.9 Å². The van der Waals surface area contributed by atoms with Gasteiger partial charge in [0.05, 0.1) is 0 Å². The van der Waals surface area contributed by atoms with Gasteiger partial charge in [-0.1, -0.05) is 0 Å². The zero-order chi connectivity index (χ0) is 15.7. The number of halogens is 8. The number of sulfonamides is 2. The molecule has 1 saturated heterocycles. The molecule has 1 aliphatic rings. The highest BCUT2D eigenvalue weighted by atomic mass is 32.3. The largest absolute Gasteiger partial charge is 0.465 e. The first kappa shape index (κ1) is 16.4. The first-order valence-electron chi connectivity index (χ1n) is 3.81. The molecule has 0 bridgehead atoms. The maximum Gasteiger partial charge on any atom is 0.465 e. The van der Waals surface area contributed by atoms with Gasteiger partial charge in [0, 0.05) is 0 Å². The smallest absolute Gasteiger partial charge is 0.191 e. The predicted molar refractivity (Wildman–Crippen MR) is 39.6 cm³/mol. The van der Waals surface area contributed by atoms with Crippen LogP contribution in [0, 0.1) is 0 Å². The molecule has 1 fully saturated rings. The van der Waals surface area contributed by atoms with Gasteiger partial charge >= 0.3 is 42.4 Å². The number of hydrogen-bond donors (Lipinski definition) is 1. The second-order valence-electron chi connectivity index (χ2n) is 3.37. The lowest BCUT2D eigenvalue weighted by Crippen LogP contribution is -2.94. The van der Waals surface area contributed by atoms with Gasteiger partial charge in [-0.25, -0.2) is 0 Å². The zero-order valence-corrected chi connectivity index (χ0v) is 9.68. The number of quaternary nitrogens is 1. The van der Waals surface area contributed by atoms with E-state index < -0.39 is 46.5 Å². The molecule has 0 radical (unpaired) electrons. The van der Waals surface area contributed by atoms with Crippen molar-refractivity contribution >= 4 is 20.0 Å². The lowest BCUT2D eigenvalue weighted by Gasteiger charge is -2.29. The summed E-state index contributed by atoms with van der Waals surface area (Å²) in [5, 5.41) is -13.5. The average Bonchev–Trinajstić information content (AvgIpc) is 2.14. The van der Waals surface area contributed by atoms with Crippen molar-refractivity contribution in [3.63, 3.8) is 0 Å². The van der Waals surface area contributed by atoms with Crippen LogP contribution in [0.1, 0.15) is 0 Å². The van der Waals surface area contributed by atoms with Crippen molar-refractivity contribution in [3.05, 3.63) is 0 Å². The van der Waals surface area contributed by atoms with E-state index in [1.165, 1.54) is 0 Å². The third-order valence-corrected chi connectivity index (χ3v) is 6.06. The van der Waals surface area contributed by atoms with E-state index in [1.807, 2.05) is 0 Å². The number of hydrogen-bond acceptors (Lipinski definition) is 4. The van der Waals surface area contributed by atoms with Crippen molar-refractivity contribution in [2.24, 2.45) is 0 Å². The molecule has 1 heterocycles. The van der Waals surface area contributed by atoms with Crippen LogP contribution < -0.4 is 4.13 Å². The van der Waals surface area contributed by atoms with Gasteiger partial charge in [-0.05, 0) is 0 Å². The highest BCUT2D eigenvalue weighted by Gasteiger charge is 2.92. The van der Waals surface area contributed by atoms with Gasteiger partial charge in [-0.2, -0.15) is 52.0 Å². The Hall–Kier alpha value is -0.700. The quantitative estimate of drug-likeness (QED) is 0.611. The summed E-state index contributed by atoms with van der Waals surface area (Å²) >= 11 is 0. The molecular weight excluding hydrogens is 342 g/mol. The normalized spacial score (nSPS) is 33.3. The molecule has 0 atom stereocenters. The molecule has 15 heteroatoms. The van der Waals surface area contributed by atoms with E-state index in [0.717, 1.165) is 0 Å². The maximum atomic E-state index is 12.8. The molecule has 0 aliphatic carbocycles. The molecule has 19 heavy (non-hydrogen) atoms. The van der Waals surface area contributed by atoms with E-state index in [1.54, 1.807) is 0 Å². The van der Waals surface area contributed by atoms with Gasteiger partial charge in [0.25, 0.3) is 0 Å². The van der Waals surface area contributed by atoms with Gasteiger partial charge in [0.2, 0.25) is 0 Å². The van der Waals surface area contributed by atoms with E-state index in [9.17, 15) is 52.0 Å². The molecule has 0 unspecified atom stereocenters. The Morgan fingerprint density at radius 2 is 0.789 bits per heavy atom. The van der Waals surface area contributed by atoms with Gasteiger partial charge < -0.3 is 0 Å². The van der Waals surface area contributed by atoms with Gasteiger partial charge in [0.1, 0.15) is 0 Å². The number of rotatable bonds is 0. The highest BCUT2D eigenvalue weighted by Crippen LogP contribution is 2.55. The number of primary sulfonamides is 2. The van der Waals surface area contributed by atoms with E-state index in [0.29, 0.717) is 0 Å². The van der Waals surface area contributed by atoms with Gasteiger partial charge in [-0.15, -0.1) is 4.13 Å². The van der Waals surface area contributed by atoms with Crippen molar-refractivity contribution < 1.29 is 56.1 Å². The van der Waals surface area contributed by atoms with Crippen LogP contribution in [-0.4, -0.2) is 39.2 Å². The second-order valence-corrected chi connectivity index (χ2v) is 7.34. The Morgan fingerprint density at radius 3 is 1.00 bits per heavy atom. The Balaban J connectivity index is 3.92. The summed E-state index contributed by atoms with van der Waals surface area (Å²) in [4.78, 5) is 0. The summed E-state index contributed by atoms with van der Waals surface area (Å²) in [7, 11) is -13.8. The van der Waals surface area contributed by atoms with Crippen LogP contribution in [0.4, 0.5) is 35.1 Å². The summed E-state index contributed by atoms with van der Waals surface area (Å²) in [5.41, 5.74) is 0. The van der Waals surface area contributed by atoms with Crippen LogP contribution in [-0.2, 0) is 20.0 Å². The predicted octanol–water partition coefficient (Wildman–Crippen LogP) is -0.321. The molecule has 0 amide bonds. The Labute approximate surface area is 99.2 Å². The first-order chi connectivity index (χ1) is 7.96. The van der Waals surface area contributed by atoms with Crippen molar-refractivity contribution in [1.82, 2.24) is 0 Å². The van der Waals surface area contributed by atoms with Crippen molar-refractivity contribution in [2.45, 2.75) is 22.4 Å². The summed E-state index contributed by atoms with van der Waals surface area (Å²) in [5.74, 6) is -14.3. The summed E-state index contributed by atoms with van der Waals surface area (Å²) in [6.07, 6.45) is 0. The minimum atomic E-state index is -7.14. The standard InChI is InChI=1S/C4HF8NO4S2/c5-1(6)2(7,8)4(11,12)19(16,17)13-18(14,15)3(1,9)10/h13H/p+1. The lowest BCUT2D eigenvalue weighted by molar-refractivity contribution is -0.331. The molecule has 114 valence electrons. The fraction of sp³-hybridized carbons (Fsp3) is 1.00. The number of alkyl halides is 8. The van der Waals surface area contributed by atoms with Crippen LogP contribution in [0.25, 0.3) is 0 Å². The minimum absolute atomic E-state index is 1.88. The molecular formula is C4H2F8NO4S2+. The van der Waals surface area contributed by atoms with Gasteiger partial charge in [-0.3, -0.25) is 0 Å². The van der Waals surface area contributed by atoms with E-state index in [-0.39, 0.29) is 0 Å². The van der Waals surface area contributed by atoms with E-state index in [2.05, 4.69) is 0 Å². The summed E-state index contributed by atoms with van der Waals surface area (Å²) in [6.45, 7) is 0. The monoisotopic (exact) mass is 344 g/mol. The molecule has 1 rings (SSSR count). The zero-order valence-electron chi connectivity index (χ0n) is 8.05. The van der Waals surface area contributed by atoms with Crippen LogP contribution in [0.5, 0.6) is 0 Å².